The minimum Gasteiger partial charge on any atom is -0.369 e. The van der Waals surface area contributed by atoms with Gasteiger partial charge in [-0.25, -0.2) is 0 Å². The van der Waals surface area contributed by atoms with Crippen LogP contribution in [0.2, 0.25) is 0 Å². The smallest absolute Gasteiger partial charge is 0.279 e. The van der Waals surface area contributed by atoms with Crippen molar-refractivity contribution in [2.45, 2.75) is 23.4 Å². The van der Waals surface area contributed by atoms with Gasteiger partial charge in [0.05, 0.1) is 17.6 Å². The van der Waals surface area contributed by atoms with Crippen molar-refractivity contribution < 1.29 is 13.2 Å². The van der Waals surface area contributed by atoms with Crippen LogP contribution in [0.5, 0.6) is 0 Å². The van der Waals surface area contributed by atoms with Gasteiger partial charge in [-0.3, -0.25) is 14.2 Å². The average Bonchev–Trinajstić information content (AvgIpc) is 2.95. The van der Waals surface area contributed by atoms with Gasteiger partial charge in [-0.2, -0.15) is 13.5 Å². The van der Waals surface area contributed by atoms with Crippen LogP contribution in [0.3, 0.4) is 0 Å². The van der Waals surface area contributed by atoms with E-state index in [1.54, 1.807) is 24.3 Å². The van der Waals surface area contributed by atoms with Crippen molar-refractivity contribution in [2.75, 3.05) is 10.5 Å². The second kappa shape index (κ2) is 6.84. The Morgan fingerprint density at radius 3 is 2.77 bits per heavy atom. The summed E-state index contributed by atoms with van der Waals surface area (Å²) >= 11 is 1.18. The summed E-state index contributed by atoms with van der Waals surface area (Å²) in [5.41, 5.74) is 5.52. The molecule has 0 spiro atoms. The van der Waals surface area contributed by atoms with Gasteiger partial charge in [0.1, 0.15) is 0 Å². The molecule has 22 heavy (non-hydrogen) atoms. The predicted octanol–water partition coefficient (Wildman–Crippen LogP) is 1.28. The van der Waals surface area contributed by atoms with Gasteiger partial charge in [-0.1, -0.05) is 12.1 Å². The first kappa shape index (κ1) is 16.4. The number of thioether (sulfide) groups is 1. The lowest BCUT2D eigenvalue weighted by Crippen LogP contribution is -2.18. The van der Waals surface area contributed by atoms with E-state index in [1.807, 2.05) is 6.92 Å². The molecule has 0 saturated carbocycles. The third kappa shape index (κ3) is 3.80. The van der Waals surface area contributed by atoms with E-state index in [0.29, 0.717) is 17.1 Å². The molecule has 2 rings (SSSR count). The summed E-state index contributed by atoms with van der Waals surface area (Å²) in [5.74, 6) is -0.391. The van der Waals surface area contributed by atoms with E-state index >= 15 is 0 Å². The third-order valence-corrected chi connectivity index (χ3v) is 5.24. The number of nitrogens with zero attached hydrogens (tertiary/aromatic N) is 2. The quantitative estimate of drug-likeness (QED) is 0.738. The Bertz CT molecular complexity index is 771. The Balaban J connectivity index is 2.28. The summed E-state index contributed by atoms with van der Waals surface area (Å²) in [5, 5.41) is 4.04. The Kier molecular flexibility index (Phi) is 5.09. The fourth-order valence-electron chi connectivity index (χ4n) is 1.81. The van der Waals surface area contributed by atoms with Crippen molar-refractivity contribution in [3.05, 3.63) is 36.5 Å². The summed E-state index contributed by atoms with van der Waals surface area (Å²) in [6, 6.07) is 8.27. The Labute approximate surface area is 132 Å². The normalized spacial score (nSPS) is 11.3. The maximum absolute atomic E-state index is 12.5. The number of aryl methyl sites for hydroxylation is 1. The van der Waals surface area contributed by atoms with Gasteiger partial charge in [0, 0.05) is 11.4 Å². The molecule has 1 amide bonds. The number of nitrogens with two attached hydrogens (primary N) is 1. The fourth-order valence-corrected chi connectivity index (χ4v) is 3.89. The van der Waals surface area contributed by atoms with Crippen LogP contribution in [0.15, 0.2) is 46.5 Å². The molecule has 1 heterocycles. The Morgan fingerprint density at radius 1 is 1.36 bits per heavy atom. The van der Waals surface area contributed by atoms with Crippen LogP contribution in [-0.4, -0.2) is 29.9 Å². The number of hydrogen-bond acceptors (Lipinski definition) is 5. The average molecular weight is 340 g/mol. The molecule has 0 aliphatic carbocycles. The molecule has 2 aromatic rings. The van der Waals surface area contributed by atoms with Gasteiger partial charge in [-0.05, 0) is 25.1 Å². The van der Waals surface area contributed by atoms with Crippen molar-refractivity contribution in [3.8, 4) is 0 Å². The molecular formula is C13H16N4O3S2. The number of para-hydroxylation sites is 1. The molecule has 7 nitrogen and oxygen atoms in total. The molecule has 0 radical (unpaired) electrons. The van der Waals surface area contributed by atoms with Gasteiger partial charge in [0.15, 0.2) is 5.03 Å². The number of hydrogen-bond donors (Lipinski definition) is 2. The lowest BCUT2D eigenvalue weighted by atomic mass is 10.3. The summed E-state index contributed by atoms with van der Waals surface area (Å²) in [7, 11) is -3.75. The van der Waals surface area contributed by atoms with E-state index in [1.165, 1.54) is 28.7 Å². The van der Waals surface area contributed by atoms with E-state index in [0.717, 1.165) is 0 Å². The largest absolute Gasteiger partial charge is 0.369 e. The highest BCUT2D eigenvalue weighted by molar-refractivity contribution is 8.00. The van der Waals surface area contributed by atoms with E-state index in [4.69, 9.17) is 5.73 Å². The van der Waals surface area contributed by atoms with Crippen molar-refractivity contribution >= 4 is 33.4 Å². The molecule has 1 aromatic carbocycles. The van der Waals surface area contributed by atoms with Crippen molar-refractivity contribution in [2.24, 2.45) is 5.73 Å². The molecule has 3 N–H and O–H groups in total. The van der Waals surface area contributed by atoms with Crippen molar-refractivity contribution in [1.82, 2.24) is 9.78 Å². The van der Waals surface area contributed by atoms with Crippen molar-refractivity contribution in [1.29, 1.82) is 0 Å². The van der Waals surface area contributed by atoms with Gasteiger partial charge in [0.2, 0.25) is 5.91 Å². The first-order valence-corrected chi connectivity index (χ1v) is 8.95. The number of carbonyl (C=O) groups excluding carboxylic acids is 1. The lowest BCUT2D eigenvalue weighted by molar-refractivity contribution is -0.115. The van der Waals surface area contributed by atoms with E-state index < -0.39 is 15.9 Å². The molecule has 118 valence electrons. The SMILES string of the molecule is CCn1nccc1S(=O)(=O)Nc1ccccc1SCC(N)=O. The number of anilines is 1. The molecule has 0 bridgehead atoms. The van der Waals surface area contributed by atoms with Crippen LogP contribution in [0.25, 0.3) is 0 Å². The number of nitrogens with one attached hydrogen (secondary N) is 1. The maximum atomic E-state index is 12.5. The standard InChI is InChI=1S/C13H16N4O3S2/c1-2-17-13(7-8-15-17)22(19,20)16-10-5-3-4-6-11(10)21-9-12(14)18/h3-8,16H,2,9H2,1H3,(H2,14,18). The van der Waals surface area contributed by atoms with Crippen LogP contribution in [0.1, 0.15) is 6.92 Å². The van der Waals surface area contributed by atoms with Crippen LogP contribution in [-0.2, 0) is 21.4 Å². The minimum atomic E-state index is -3.75. The topological polar surface area (TPSA) is 107 Å². The first-order chi connectivity index (χ1) is 10.4. The highest BCUT2D eigenvalue weighted by Crippen LogP contribution is 2.28. The number of sulfonamides is 1. The summed E-state index contributed by atoms with van der Waals surface area (Å²) in [6.07, 6.45) is 1.44. The second-order valence-corrected chi connectivity index (χ2v) is 6.99. The number of rotatable bonds is 7. The molecule has 0 aliphatic rings. The minimum absolute atomic E-state index is 0.0750. The third-order valence-electron chi connectivity index (χ3n) is 2.75. The molecule has 9 heteroatoms. The molecule has 0 unspecified atom stereocenters. The molecular weight excluding hydrogens is 324 g/mol. The highest BCUT2D eigenvalue weighted by atomic mass is 32.2. The molecule has 0 atom stereocenters. The monoisotopic (exact) mass is 340 g/mol. The van der Waals surface area contributed by atoms with Gasteiger partial charge < -0.3 is 5.73 Å². The molecule has 0 fully saturated rings. The van der Waals surface area contributed by atoms with Gasteiger partial charge >= 0.3 is 0 Å². The number of carbonyl (C=O) groups is 1. The number of benzene rings is 1. The van der Waals surface area contributed by atoms with Crippen molar-refractivity contribution in [3.63, 3.8) is 0 Å². The molecule has 0 saturated heterocycles. The number of aromatic nitrogens is 2. The zero-order valence-corrected chi connectivity index (χ0v) is 13.5. The summed E-state index contributed by atoms with van der Waals surface area (Å²) < 4.78 is 28.8. The maximum Gasteiger partial charge on any atom is 0.279 e. The van der Waals surface area contributed by atoms with E-state index in [-0.39, 0.29) is 10.8 Å². The second-order valence-electron chi connectivity index (χ2n) is 4.34. The van der Waals surface area contributed by atoms with E-state index in [2.05, 4.69) is 9.82 Å². The van der Waals surface area contributed by atoms with Crippen LogP contribution < -0.4 is 10.5 Å². The number of primary amides is 1. The Morgan fingerprint density at radius 2 is 2.09 bits per heavy atom. The summed E-state index contributed by atoms with van der Waals surface area (Å²) in [6.45, 7) is 2.25. The van der Waals surface area contributed by atoms with Crippen LogP contribution >= 0.6 is 11.8 Å². The molecule has 1 aromatic heterocycles. The predicted molar refractivity (Wildman–Crippen MR) is 85.1 cm³/mol. The first-order valence-electron chi connectivity index (χ1n) is 6.49. The zero-order chi connectivity index (χ0) is 16.2. The highest BCUT2D eigenvalue weighted by Gasteiger charge is 2.20. The van der Waals surface area contributed by atoms with Crippen LogP contribution in [0.4, 0.5) is 5.69 Å². The summed E-state index contributed by atoms with van der Waals surface area (Å²) in [4.78, 5) is 11.5. The fraction of sp³-hybridized carbons (Fsp3) is 0.231. The van der Waals surface area contributed by atoms with Gasteiger partial charge in [-0.15, -0.1) is 11.8 Å². The van der Waals surface area contributed by atoms with Crippen LogP contribution in [0, 0.1) is 0 Å². The number of amides is 1. The van der Waals surface area contributed by atoms with Gasteiger partial charge in [0.25, 0.3) is 10.0 Å². The molecule has 0 aliphatic heterocycles. The van der Waals surface area contributed by atoms with E-state index in [9.17, 15) is 13.2 Å². The zero-order valence-electron chi connectivity index (χ0n) is 11.9. The lowest BCUT2D eigenvalue weighted by Gasteiger charge is -2.12. The Hall–Kier alpha value is -2.00.